The summed E-state index contributed by atoms with van der Waals surface area (Å²) in [5, 5.41) is 8.70. The molecule has 0 saturated carbocycles. The first-order chi connectivity index (χ1) is 9.24. The number of hydrogen-bond acceptors (Lipinski definition) is 2. The van der Waals surface area contributed by atoms with Crippen LogP contribution in [-0.4, -0.2) is 57.7 Å². The van der Waals surface area contributed by atoms with Gasteiger partial charge in [-0.2, -0.15) is 0 Å². The van der Waals surface area contributed by atoms with Crippen LogP contribution < -0.4 is 0 Å². The molecule has 0 radical (unpaired) electrons. The Labute approximate surface area is 120 Å². The Morgan fingerprint density at radius 1 is 1.10 bits per heavy atom. The van der Waals surface area contributed by atoms with Gasteiger partial charge < -0.3 is 19.4 Å². The Balaban J connectivity index is 4.63. The Morgan fingerprint density at radius 2 is 1.60 bits per heavy atom. The van der Waals surface area contributed by atoms with E-state index in [-0.39, 0.29) is 12.6 Å². The molecule has 0 rings (SSSR count). The maximum absolute atomic E-state index is 10.9. The van der Waals surface area contributed by atoms with Crippen LogP contribution in [0.4, 0.5) is 0 Å². The Morgan fingerprint density at radius 3 is 2.00 bits per heavy atom. The quantitative estimate of drug-likeness (QED) is 0.289. The monoisotopic (exact) mass is 306 g/mol. The molecule has 0 fully saturated rings. The van der Waals surface area contributed by atoms with Gasteiger partial charge in [0.25, 0.3) is 0 Å². The number of nitrogens with zero attached hydrogens (tertiary/aromatic N) is 1. The second kappa shape index (κ2) is 9.08. The first kappa shape index (κ1) is 19.1. The highest BCUT2D eigenvalue weighted by Crippen LogP contribution is 2.35. The fraction of sp³-hybridized carbons (Fsp3) is 0.615. The Hall–Kier alpha value is -0.940. The minimum absolute atomic E-state index is 0.0901. The van der Waals surface area contributed by atoms with E-state index in [1.54, 1.807) is 12.2 Å². The van der Waals surface area contributed by atoms with Crippen LogP contribution in [-0.2, 0) is 9.36 Å². The molecule has 0 spiro atoms. The van der Waals surface area contributed by atoms with Gasteiger partial charge in [0.15, 0.2) is 0 Å². The molecule has 0 aromatic rings. The molecule has 0 aliphatic rings. The normalized spacial score (nSPS) is 12.1. The smallest absolute Gasteiger partial charge is 0.325 e. The summed E-state index contributed by atoms with van der Waals surface area (Å²) < 4.78 is 11.4. The van der Waals surface area contributed by atoms with E-state index in [0.29, 0.717) is 43.5 Å². The van der Waals surface area contributed by atoms with Crippen molar-refractivity contribution in [1.29, 1.82) is 0 Å². The van der Waals surface area contributed by atoms with Gasteiger partial charge in [0.1, 0.15) is 0 Å². The second-order valence-corrected chi connectivity index (χ2v) is 6.75. The van der Waals surface area contributed by atoms with Gasteiger partial charge in [-0.05, 0) is 12.2 Å². The summed E-state index contributed by atoms with van der Waals surface area (Å²) >= 11 is 0. The highest BCUT2D eigenvalue weighted by atomic mass is 31.2. The van der Waals surface area contributed by atoms with Crippen molar-refractivity contribution >= 4 is 13.6 Å². The summed E-state index contributed by atoms with van der Waals surface area (Å²) in [7, 11) is -3.99. The summed E-state index contributed by atoms with van der Waals surface area (Å²) in [6.07, 6.45) is 4.35. The molecule has 0 amide bonds. The van der Waals surface area contributed by atoms with Gasteiger partial charge in [0.2, 0.25) is 0 Å². The van der Waals surface area contributed by atoms with Gasteiger partial charge in [-0.1, -0.05) is 13.2 Å². The summed E-state index contributed by atoms with van der Waals surface area (Å²) in [6.45, 7) is 9.88. The molecule has 0 aliphatic heterocycles. The summed E-state index contributed by atoms with van der Waals surface area (Å²) in [5.74, 6) is -0.837. The molecule has 0 bridgehead atoms. The summed E-state index contributed by atoms with van der Waals surface area (Å²) in [6, 6.07) is 0. The van der Waals surface area contributed by atoms with Crippen molar-refractivity contribution in [1.82, 2.24) is 0 Å². The van der Waals surface area contributed by atoms with Crippen molar-refractivity contribution in [3.8, 4) is 0 Å². The Bertz CT molecular complexity index is 367. The van der Waals surface area contributed by atoms with Crippen LogP contribution in [0.2, 0.25) is 0 Å². The lowest BCUT2D eigenvalue weighted by molar-refractivity contribution is -0.917. The molecular weight excluding hydrogens is 281 g/mol. The van der Waals surface area contributed by atoms with Crippen LogP contribution in [0.25, 0.3) is 0 Å². The molecule has 0 atom stereocenters. The average Bonchev–Trinajstić information content (AvgIpc) is 2.27. The minimum Gasteiger partial charge on any atom is -0.481 e. The van der Waals surface area contributed by atoms with Crippen LogP contribution in [0.15, 0.2) is 25.3 Å². The zero-order chi connectivity index (χ0) is 15.6. The van der Waals surface area contributed by atoms with Crippen LogP contribution in [0.1, 0.15) is 19.3 Å². The van der Waals surface area contributed by atoms with Crippen molar-refractivity contribution < 1.29 is 28.7 Å². The summed E-state index contributed by atoms with van der Waals surface area (Å²) in [4.78, 5) is 28.4. The lowest BCUT2D eigenvalue weighted by atomic mass is 10.2. The van der Waals surface area contributed by atoms with Gasteiger partial charge in [0.05, 0.1) is 38.8 Å². The zero-order valence-electron chi connectivity index (χ0n) is 11.8. The fourth-order valence-corrected chi connectivity index (χ4v) is 2.83. The van der Waals surface area contributed by atoms with E-state index in [4.69, 9.17) is 14.9 Å². The number of aliphatic carboxylic acids is 1. The SMILES string of the molecule is C=CC[N+](CC=C)(CCCC(=O)O)CCCP(=O)(O)O. The molecule has 0 aromatic carbocycles. The van der Waals surface area contributed by atoms with E-state index in [1.165, 1.54) is 0 Å². The van der Waals surface area contributed by atoms with E-state index in [2.05, 4.69) is 13.2 Å². The predicted molar refractivity (Wildman–Crippen MR) is 78.5 cm³/mol. The first-order valence-corrected chi connectivity index (χ1v) is 8.38. The highest BCUT2D eigenvalue weighted by molar-refractivity contribution is 7.51. The van der Waals surface area contributed by atoms with Crippen molar-refractivity contribution in [3.63, 3.8) is 0 Å². The van der Waals surface area contributed by atoms with Gasteiger partial charge in [-0.25, -0.2) is 0 Å². The Kier molecular flexibility index (Phi) is 8.65. The van der Waals surface area contributed by atoms with Crippen molar-refractivity contribution in [2.75, 3.05) is 32.3 Å². The van der Waals surface area contributed by atoms with E-state index in [9.17, 15) is 9.36 Å². The molecule has 7 heteroatoms. The third-order valence-electron chi connectivity index (χ3n) is 3.14. The van der Waals surface area contributed by atoms with E-state index in [1.807, 2.05) is 0 Å². The van der Waals surface area contributed by atoms with Crippen molar-refractivity contribution in [3.05, 3.63) is 25.3 Å². The molecule has 6 nitrogen and oxygen atoms in total. The lowest BCUT2D eigenvalue weighted by Gasteiger charge is -2.37. The third kappa shape index (κ3) is 9.04. The minimum atomic E-state index is -3.99. The molecular formula is C13H25NO5P+. The average molecular weight is 306 g/mol. The largest absolute Gasteiger partial charge is 0.481 e. The highest BCUT2D eigenvalue weighted by Gasteiger charge is 2.26. The number of carboxylic acid groups (broad SMARTS) is 1. The van der Waals surface area contributed by atoms with Gasteiger partial charge >= 0.3 is 13.6 Å². The number of hydrogen-bond donors (Lipinski definition) is 3. The maximum Gasteiger partial charge on any atom is 0.325 e. The molecule has 0 heterocycles. The van der Waals surface area contributed by atoms with Crippen LogP contribution >= 0.6 is 7.60 Å². The van der Waals surface area contributed by atoms with Gasteiger partial charge in [0, 0.05) is 12.8 Å². The first-order valence-electron chi connectivity index (χ1n) is 6.58. The van der Waals surface area contributed by atoms with E-state index < -0.39 is 13.6 Å². The van der Waals surface area contributed by atoms with Gasteiger partial charge in [-0.15, -0.1) is 0 Å². The molecule has 20 heavy (non-hydrogen) atoms. The molecule has 0 unspecified atom stereocenters. The number of rotatable bonds is 12. The number of carbonyl (C=O) groups is 1. The lowest BCUT2D eigenvalue weighted by Crippen LogP contribution is -2.50. The predicted octanol–water partition coefficient (Wildman–Crippen LogP) is 1.61. The van der Waals surface area contributed by atoms with Crippen molar-refractivity contribution in [2.24, 2.45) is 0 Å². The molecule has 3 N–H and O–H groups in total. The number of carboxylic acids is 1. The molecule has 0 aromatic heterocycles. The van der Waals surface area contributed by atoms with Crippen LogP contribution in [0, 0.1) is 0 Å². The van der Waals surface area contributed by atoms with Gasteiger partial charge in [-0.3, -0.25) is 9.36 Å². The number of quaternary nitrogens is 1. The fourth-order valence-electron chi connectivity index (χ4n) is 2.28. The standard InChI is InChI=1S/C13H24NO5P/c1-3-8-14(9-4-2,10-5-7-13(15)16)11-6-12-20(17,18)19/h3-4H,1-2,5-12H2,(H2-,15,16,17,18,19)/p+1. The molecule has 0 saturated heterocycles. The van der Waals surface area contributed by atoms with E-state index >= 15 is 0 Å². The second-order valence-electron chi connectivity index (χ2n) is 4.97. The maximum atomic E-state index is 10.9. The topological polar surface area (TPSA) is 94.8 Å². The third-order valence-corrected chi connectivity index (χ3v) is 4.04. The van der Waals surface area contributed by atoms with Crippen molar-refractivity contribution in [2.45, 2.75) is 19.3 Å². The summed E-state index contributed by atoms with van der Waals surface area (Å²) in [5.41, 5.74) is 0. The van der Waals surface area contributed by atoms with E-state index in [0.717, 1.165) is 0 Å². The van der Waals surface area contributed by atoms with Crippen LogP contribution in [0.3, 0.4) is 0 Å². The van der Waals surface area contributed by atoms with Crippen LogP contribution in [0.5, 0.6) is 0 Å². The molecule has 0 aliphatic carbocycles. The zero-order valence-corrected chi connectivity index (χ0v) is 12.7. The molecule has 116 valence electrons.